The van der Waals surface area contributed by atoms with E-state index in [1.54, 1.807) is 0 Å². The van der Waals surface area contributed by atoms with E-state index < -0.39 is 0 Å². The fraction of sp³-hybridized carbons (Fsp3) is 0.500. The summed E-state index contributed by atoms with van der Waals surface area (Å²) in [6, 6.07) is 9.15. The average molecular weight is 269 g/mol. The molecule has 0 heterocycles. The van der Waals surface area contributed by atoms with Gasteiger partial charge < -0.3 is 11.1 Å². The summed E-state index contributed by atoms with van der Waals surface area (Å²) in [6.45, 7) is 0. The molecule has 0 saturated heterocycles. The van der Waals surface area contributed by atoms with Crippen LogP contribution in [-0.4, -0.2) is 12.1 Å². The molecule has 2 nitrogen and oxygen atoms in total. The summed E-state index contributed by atoms with van der Waals surface area (Å²) in [5, 5.41) is 3.55. The highest BCUT2D eigenvalue weighted by atomic mass is 79.9. The van der Waals surface area contributed by atoms with Crippen molar-refractivity contribution in [2.75, 3.05) is 5.32 Å². The molecule has 15 heavy (non-hydrogen) atoms. The second-order valence-corrected chi connectivity index (χ2v) is 5.10. The van der Waals surface area contributed by atoms with E-state index in [-0.39, 0.29) is 0 Å². The summed E-state index contributed by atoms with van der Waals surface area (Å²) >= 11 is 3.54. The van der Waals surface area contributed by atoms with E-state index in [4.69, 9.17) is 5.73 Å². The largest absolute Gasteiger partial charge is 0.381 e. The minimum atomic E-state index is 0.374. The van der Waals surface area contributed by atoms with Crippen LogP contribution >= 0.6 is 15.9 Å². The second-order valence-electron chi connectivity index (χ2n) is 4.25. The van der Waals surface area contributed by atoms with Crippen LogP contribution in [0.3, 0.4) is 0 Å². The highest BCUT2D eigenvalue weighted by Crippen LogP contribution is 2.26. The van der Waals surface area contributed by atoms with Gasteiger partial charge in [0, 0.05) is 22.2 Å². The first kappa shape index (κ1) is 11.0. The molecule has 1 fully saturated rings. The molecule has 0 amide bonds. The summed E-state index contributed by atoms with van der Waals surface area (Å²) < 4.78 is 1.13. The number of nitrogens with two attached hydrogens (primary N) is 1. The fourth-order valence-electron chi connectivity index (χ4n) is 2.16. The van der Waals surface area contributed by atoms with Crippen molar-refractivity contribution >= 4 is 21.6 Å². The number of halogens is 1. The van der Waals surface area contributed by atoms with Gasteiger partial charge in [-0.15, -0.1) is 0 Å². The van der Waals surface area contributed by atoms with Crippen molar-refractivity contribution in [3.05, 3.63) is 28.7 Å². The van der Waals surface area contributed by atoms with Crippen molar-refractivity contribution in [1.82, 2.24) is 0 Å². The minimum absolute atomic E-state index is 0.374. The fourth-order valence-corrected chi connectivity index (χ4v) is 2.56. The van der Waals surface area contributed by atoms with Gasteiger partial charge in [0.1, 0.15) is 0 Å². The third kappa shape index (κ3) is 2.95. The van der Waals surface area contributed by atoms with Crippen LogP contribution in [0.5, 0.6) is 0 Å². The number of rotatable bonds is 2. The summed E-state index contributed by atoms with van der Waals surface area (Å²) in [6.07, 6.45) is 4.73. The molecular formula is C12H17BrN2. The lowest BCUT2D eigenvalue weighted by molar-refractivity contribution is 0.409. The average Bonchev–Trinajstić information content (AvgIpc) is 2.22. The number of para-hydroxylation sites is 1. The van der Waals surface area contributed by atoms with E-state index >= 15 is 0 Å². The molecule has 1 aliphatic rings. The van der Waals surface area contributed by atoms with Gasteiger partial charge in [0.2, 0.25) is 0 Å². The molecule has 1 aromatic rings. The van der Waals surface area contributed by atoms with E-state index in [1.165, 1.54) is 24.9 Å². The Kier molecular flexibility index (Phi) is 3.65. The number of hydrogen-bond donors (Lipinski definition) is 2. The summed E-state index contributed by atoms with van der Waals surface area (Å²) in [5.41, 5.74) is 7.14. The van der Waals surface area contributed by atoms with Crippen molar-refractivity contribution in [3.63, 3.8) is 0 Å². The van der Waals surface area contributed by atoms with Gasteiger partial charge in [-0.3, -0.25) is 0 Å². The maximum absolute atomic E-state index is 5.97. The van der Waals surface area contributed by atoms with Crippen molar-refractivity contribution in [2.45, 2.75) is 37.8 Å². The molecule has 0 aliphatic heterocycles. The van der Waals surface area contributed by atoms with Gasteiger partial charge in [-0.1, -0.05) is 12.1 Å². The predicted octanol–water partition coefficient (Wildman–Crippen LogP) is 3.13. The Morgan fingerprint density at radius 1 is 1.27 bits per heavy atom. The molecule has 0 spiro atoms. The number of hydrogen-bond acceptors (Lipinski definition) is 2. The standard InChI is InChI=1S/C12H17BrN2/c13-11-6-1-2-7-12(11)15-10-5-3-4-9(14)8-10/h1-2,6-7,9-10,15H,3-5,8,14H2. The maximum atomic E-state index is 5.97. The first-order valence-electron chi connectivity index (χ1n) is 5.52. The number of nitrogens with one attached hydrogen (secondary N) is 1. The van der Waals surface area contributed by atoms with Crippen LogP contribution in [0.15, 0.2) is 28.7 Å². The van der Waals surface area contributed by atoms with Gasteiger partial charge >= 0.3 is 0 Å². The molecule has 3 N–H and O–H groups in total. The van der Waals surface area contributed by atoms with Gasteiger partial charge in [0.05, 0.1) is 0 Å². The van der Waals surface area contributed by atoms with E-state index in [0.717, 1.165) is 10.9 Å². The van der Waals surface area contributed by atoms with Crippen molar-refractivity contribution in [3.8, 4) is 0 Å². The van der Waals surface area contributed by atoms with Crippen LogP contribution in [-0.2, 0) is 0 Å². The lowest BCUT2D eigenvalue weighted by atomic mass is 9.91. The molecule has 1 saturated carbocycles. The Labute approximate surface area is 99.4 Å². The van der Waals surface area contributed by atoms with Crippen LogP contribution in [0.1, 0.15) is 25.7 Å². The summed E-state index contributed by atoms with van der Waals surface area (Å²) in [4.78, 5) is 0. The van der Waals surface area contributed by atoms with E-state index in [0.29, 0.717) is 12.1 Å². The van der Waals surface area contributed by atoms with Crippen molar-refractivity contribution in [1.29, 1.82) is 0 Å². The maximum Gasteiger partial charge on any atom is 0.0486 e. The molecule has 1 aliphatic carbocycles. The summed E-state index contributed by atoms with van der Waals surface area (Å²) in [7, 11) is 0. The third-order valence-corrected chi connectivity index (χ3v) is 3.64. The predicted molar refractivity (Wildman–Crippen MR) is 68.0 cm³/mol. The second kappa shape index (κ2) is 4.99. The van der Waals surface area contributed by atoms with Crippen LogP contribution < -0.4 is 11.1 Å². The zero-order chi connectivity index (χ0) is 10.7. The van der Waals surface area contributed by atoms with Gasteiger partial charge in [-0.25, -0.2) is 0 Å². The monoisotopic (exact) mass is 268 g/mol. The quantitative estimate of drug-likeness (QED) is 0.865. The SMILES string of the molecule is NC1CCCC(Nc2ccccc2Br)C1. The molecule has 1 aromatic carbocycles. The molecule has 0 radical (unpaired) electrons. The molecule has 2 rings (SSSR count). The van der Waals surface area contributed by atoms with Crippen LogP contribution in [0.4, 0.5) is 5.69 Å². The third-order valence-electron chi connectivity index (χ3n) is 2.95. The number of benzene rings is 1. The van der Waals surface area contributed by atoms with E-state index in [9.17, 15) is 0 Å². The molecule has 3 heteroatoms. The highest BCUT2D eigenvalue weighted by Gasteiger charge is 2.19. The number of anilines is 1. The van der Waals surface area contributed by atoms with Gasteiger partial charge in [-0.05, 0) is 53.7 Å². The Morgan fingerprint density at radius 3 is 2.80 bits per heavy atom. The van der Waals surface area contributed by atoms with E-state index in [2.05, 4.69) is 39.4 Å². The molecule has 0 bridgehead atoms. The van der Waals surface area contributed by atoms with Gasteiger partial charge in [0.15, 0.2) is 0 Å². The Bertz CT molecular complexity index is 327. The zero-order valence-corrected chi connectivity index (χ0v) is 10.3. The normalized spacial score (nSPS) is 26.3. The molecule has 0 aromatic heterocycles. The lowest BCUT2D eigenvalue weighted by Gasteiger charge is -2.28. The molecule has 82 valence electrons. The molecule has 2 atom stereocenters. The minimum Gasteiger partial charge on any atom is -0.381 e. The summed E-state index contributed by atoms with van der Waals surface area (Å²) in [5.74, 6) is 0. The lowest BCUT2D eigenvalue weighted by Crippen LogP contribution is -2.34. The van der Waals surface area contributed by atoms with Crippen LogP contribution in [0.25, 0.3) is 0 Å². The van der Waals surface area contributed by atoms with Crippen molar-refractivity contribution in [2.24, 2.45) is 5.73 Å². The van der Waals surface area contributed by atoms with Crippen LogP contribution in [0, 0.1) is 0 Å². The topological polar surface area (TPSA) is 38.0 Å². The molecule has 2 unspecified atom stereocenters. The Hall–Kier alpha value is -0.540. The van der Waals surface area contributed by atoms with E-state index in [1.807, 2.05) is 6.07 Å². The van der Waals surface area contributed by atoms with Gasteiger partial charge in [0.25, 0.3) is 0 Å². The van der Waals surface area contributed by atoms with Gasteiger partial charge in [-0.2, -0.15) is 0 Å². The first-order valence-corrected chi connectivity index (χ1v) is 6.31. The first-order chi connectivity index (χ1) is 7.25. The zero-order valence-electron chi connectivity index (χ0n) is 8.75. The van der Waals surface area contributed by atoms with Crippen LogP contribution in [0.2, 0.25) is 0 Å². The van der Waals surface area contributed by atoms with Crippen molar-refractivity contribution < 1.29 is 0 Å². The smallest absolute Gasteiger partial charge is 0.0486 e. The Morgan fingerprint density at radius 2 is 2.07 bits per heavy atom. The molecular weight excluding hydrogens is 252 g/mol. The highest BCUT2D eigenvalue weighted by molar-refractivity contribution is 9.10. The Balaban J connectivity index is 1.99.